The van der Waals surface area contributed by atoms with E-state index >= 15 is 0 Å². The summed E-state index contributed by atoms with van der Waals surface area (Å²) in [6.07, 6.45) is 4.03. The second-order valence-electron chi connectivity index (χ2n) is 13.0. The van der Waals surface area contributed by atoms with Gasteiger partial charge in [-0.1, -0.05) is 97.8 Å². The van der Waals surface area contributed by atoms with Crippen LogP contribution in [0.4, 0.5) is 0 Å². The molecule has 0 atom stereocenters. The van der Waals surface area contributed by atoms with E-state index in [1.807, 2.05) is 12.1 Å². The van der Waals surface area contributed by atoms with Crippen molar-refractivity contribution < 1.29 is 18.9 Å². The summed E-state index contributed by atoms with van der Waals surface area (Å²) >= 11 is -2.32. The third kappa shape index (κ3) is 10.0. The molecule has 0 spiro atoms. The van der Waals surface area contributed by atoms with Crippen LogP contribution in [0.25, 0.3) is 43.8 Å². The number of hydrogen-bond donors (Lipinski definition) is 0. The average molecular weight is 795 g/mol. The Bertz CT molecular complexity index is 2150. The summed E-state index contributed by atoms with van der Waals surface area (Å²) in [5, 5.41) is 5.44. The first-order valence-corrected chi connectivity index (χ1v) is 25.7. The van der Waals surface area contributed by atoms with Gasteiger partial charge >= 0.3 is 124 Å². The van der Waals surface area contributed by atoms with Gasteiger partial charge in [-0.05, 0) is 24.0 Å². The van der Waals surface area contributed by atoms with Crippen LogP contribution >= 0.6 is 17.0 Å². The van der Waals surface area contributed by atoms with Gasteiger partial charge in [0.2, 0.25) is 0 Å². The van der Waals surface area contributed by atoms with Crippen molar-refractivity contribution in [3.63, 3.8) is 0 Å². The molecule has 0 saturated carbocycles. The van der Waals surface area contributed by atoms with Crippen LogP contribution in [0.1, 0.15) is 36.1 Å². The van der Waals surface area contributed by atoms with Gasteiger partial charge in [0.15, 0.2) is 0 Å². The van der Waals surface area contributed by atoms with Crippen LogP contribution in [0.5, 0.6) is 0 Å². The van der Waals surface area contributed by atoms with Crippen molar-refractivity contribution in [2.45, 2.75) is 39.5 Å². The summed E-state index contributed by atoms with van der Waals surface area (Å²) in [5.41, 5.74) is 10.7. The van der Waals surface area contributed by atoms with Gasteiger partial charge in [-0.25, -0.2) is 0 Å². The summed E-state index contributed by atoms with van der Waals surface area (Å²) in [6, 6.07) is 64.3. The molecule has 0 heterocycles. The average Bonchev–Trinajstić information content (AvgIpc) is 3.84. The summed E-state index contributed by atoms with van der Waals surface area (Å²) < 4.78 is 1.33. The molecule has 0 saturated heterocycles. The molecule has 8 aromatic carbocycles. The maximum absolute atomic E-state index is 6.27. The Morgan fingerprint density at radius 2 is 0.827 bits per heavy atom. The molecular weight excluding hydrogens is 751 g/mol. The Balaban J connectivity index is 0.000000134. The van der Waals surface area contributed by atoms with Crippen LogP contribution in [-0.2, 0) is 44.6 Å². The van der Waals surface area contributed by atoms with E-state index in [0.717, 1.165) is 25.7 Å². The van der Waals surface area contributed by atoms with E-state index in [9.17, 15) is 0 Å². The quantitative estimate of drug-likeness (QED) is 0.134. The van der Waals surface area contributed by atoms with Gasteiger partial charge in [-0.15, -0.1) is 69.1 Å². The normalized spacial score (nSPS) is 10.6. The van der Waals surface area contributed by atoms with E-state index in [-0.39, 0.29) is 0 Å². The van der Waals surface area contributed by atoms with Crippen molar-refractivity contribution in [1.82, 2.24) is 0 Å². The second kappa shape index (κ2) is 19.1. The zero-order chi connectivity index (χ0) is 36.1. The van der Waals surface area contributed by atoms with Crippen molar-refractivity contribution >= 4 is 41.8 Å². The number of hydrogen-bond acceptors (Lipinski definition) is 0. The third-order valence-electron chi connectivity index (χ3n) is 9.39. The number of benzene rings is 6. The van der Waals surface area contributed by atoms with E-state index in [1.165, 1.54) is 69.3 Å². The molecule has 52 heavy (non-hydrogen) atoms. The number of rotatable bonds is 8. The molecule has 0 aromatic heterocycles. The second-order valence-corrected chi connectivity index (χ2v) is 21.6. The fourth-order valence-electron chi connectivity index (χ4n) is 6.62. The molecule has 0 N–H and O–H groups in total. The zero-order valence-corrected chi connectivity index (χ0v) is 33.9. The van der Waals surface area contributed by atoms with Gasteiger partial charge < -0.3 is 0 Å². The van der Waals surface area contributed by atoms with Crippen molar-refractivity contribution in [2.24, 2.45) is 0 Å². The third-order valence-corrected chi connectivity index (χ3v) is 14.7. The van der Waals surface area contributed by atoms with E-state index in [0.29, 0.717) is 0 Å². The molecule has 8 rings (SSSR count). The molecule has 0 aliphatic carbocycles. The first-order chi connectivity index (χ1) is 25.5. The van der Waals surface area contributed by atoms with E-state index in [4.69, 9.17) is 17.0 Å². The minimum absolute atomic E-state index is 0.914. The zero-order valence-electron chi connectivity index (χ0n) is 29.9. The summed E-state index contributed by atoms with van der Waals surface area (Å²) in [7, 11) is 12.5. The molecule has 0 fully saturated rings. The van der Waals surface area contributed by atoms with Crippen molar-refractivity contribution in [1.29, 1.82) is 0 Å². The molecule has 0 bridgehead atoms. The van der Waals surface area contributed by atoms with Crippen LogP contribution in [0.15, 0.2) is 182 Å². The molecule has 0 radical (unpaired) electrons. The molecule has 0 nitrogen and oxygen atoms in total. The Morgan fingerprint density at radius 3 is 1.17 bits per heavy atom. The molecule has 0 aliphatic rings. The van der Waals surface area contributed by atoms with Crippen LogP contribution in [0.3, 0.4) is 0 Å². The fourth-order valence-corrected chi connectivity index (χ4v) is 9.86. The molecule has 0 aliphatic heterocycles. The standard InChI is InChI=1S/2C17H15.C15H14.2ClH.Zr/c2*1-2-13-11-15-9-6-10-16(17(15)12-13)14-7-4-3-5-8-14;1-3-8-14(9-4-1)12-7-13-15-10-5-2-6-11-15;;;/h2*3-12H,2H2,1H3;1-6,8-11H,12-13H2;2*1H;/q2*-1;;;;+2/p-2. The molecular formula is C49H44Cl2Zr-2. The Labute approximate surface area is 324 Å². The van der Waals surface area contributed by atoms with Gasteiger partial charge in [-0.2, -0.15) is 12.1 Å². The molecule has 0 amide bonds. The van der Waals surface area contributed by atoms with Crippen LogP contribution in [0.2, 0.25) is 0 Å². The first kappa shape index (κ1) is 37.6. The minimum atomic E-state index is -2.32. The summed E-state index contributed by atoms with van der Waals surface area (Å²) in [6.45, 7) is 4.41. The molecule has 8 aromatic rings. The topological polar surface area (TPSA) is 0 Å². The first-order valence-electron chi connectivity index (χ1n) is 18.1. The van der Waals surface area contributed by atoms with Crippen LogP contribution in [-0.4, -0.2) is 3.21 Å². The van der Waals surface area contributed by atoms with Crippen LogP contribution in [0, 0.1) is 0 Å². The van der Waals surface area contributed by atoms with Gasteiger partial charge in [-0.3, -0.25) is 0 Å². The van der Waals surface area contributed by atoms with E-state index in [2.05, 4.69) is 184 Å². The Kier molecular flexibility index (Phi) is 13.8. The van der Waals surface area contributed by atoms with Crippen molar-refractivity contribution in [3.05, 3.63) is 204 Å². The van der Waals surface area contributed by atoms with E-state index in [1.54, 1.807) is 0 Å². The number of aryl methyl sites for hydroxylation is 2. The molecule has 3 heteroatoms. The predicted octanol–water partition coefficient (Wildman–Crippen LogP) is 14.1. The summed E-state index contributed by atoms with van der Waals surface area (Å²) in [4.78, 5) is 0. The predicted molar refractivity (Wildman–Crippen MR) is 226 cm³/mol. The van der Waals surface area contributed by atoms with Gasteiger partial charge in [0.25, 0.3) is 0 Å². The van der Waals surface area contributed by atoms with Gasteiger partial charge in [0.05, 0.1) is 0 Å². The maximum atomic E-state index is 6.27. The van der Waals surface area contributed by atoms with Gasteiger partial charge in [0.1, 0.15) is 0 Å². The Morgan fingerprint density at radius 1 is 0.462 bits per heavy atom. The van der Waals surface area contributed by atoms with Crippen molar-refractivity contribution in [3.8, 4) is 22.3 Å². The van der Waals surface area contributed by atoms with Crippen LogP contribution < -0.4 is 0 Å². The SMILES string of the molecule is CCc1cc2c(-c3ccccc3)cccc2[cH-]1.CCc1cc2c(-c3ccccc3)cccc2[cH-]1.[Cl][Zr]([Cl])=[C](Cc1ccccc1)Cc1ccccc1. The van der Waals surface area contributed by atoms with E-state index < -0.39 is 18.9 Å². The number of halogens is 2. The summed E-state index contributed by atoms with van der Waals surface area (Å²) in [5.74, 6) is 0. The fraction of sp³-hybridized carbons (Fsp3) is 0.122. The Hall–Kier alpha value is -4.13. The number of fused-ring (bicyclic) bond motifs is 2. The molecule has 260 valence electrons. The molecule has 0 unspecified atom stereocenters. The monoisotopic (exact) mass is 792 g/mol. The van der Waals surface area contributed by atoms with Crippen molar-refractivity contribution in [2.75, 3.05) is 0 Å². The van der Waals surface area contributed by atoms with Gasteiger partial charge in [0, 0.05) is 0 Å².